The van der Waals surface area contributed by atoms with Crippen LogP contribution in [-0.2, 0) is 0 Å². The van der Waals surface area contributed by atoms with Crippen molar-refractivity contribution in [1.82, 2.24) is 10.2 Å². The maximum absolute atomic E-state index is 6.38. The number of ether oxygens (including phenoxy) is 1. The molecule has 0 aromatic heterocycles. The van der Waals surface area contributed by atoms with Gasteiger partial charge in [0.2, 0.25) is 0 Å². The van der Waals surface area contributed by atoms with Crippen molar-refractivity contribution in [3.8, 4) is 5.75 Å². The second kappa shape index (κ2) is 6.18. The summed E-state index contributed by atoms with van der Waals surface area (Å²) in [6.45, 7) is 6.44. The molecule has 1 aliphatic rings. The zero-order valence-electron chi connectivity index (χ0n) is 11.2. The normalized spacial score (nSPS) is 20.4. The van der Waals surface area contributed by atoms with Crippen LogP contribution in [0, 0.1) is 0 Å². The topological polar surface area (TPSA) is 50.5 Å². The number of hydrogen-bond acceptors (Lipinski definition) is 4. The minimum absolute atomic E-state index is 0.0261. The molecule has 0 bridgehead atoms. The Morgan fingerprint density at radius 2 is 2.06 bits per heavy atom. The molecule has 3 N–H and O–H groups in total. The van der Waals surface area contributed by atoms with Crippen molar-refractivity contribution in [1.29, 1.82) is 0 Å². The van der Waals surface area contributed by atoms with Crippen LogP contribution in [0.1, 0.15) is 18.5 Å². The maximum atomic E-state index is 6.38. The van der Waals surface area contributed by atoms with Gasteiger partial charge in [-0.15, -0.1) is 0 Å². The summed E-state index contributed by atoms with van der Waals surface area (Å²) in [7, 11) is 1.68. The van der Waals surface area contributed by atoms with Gasteiger partial charge < -0.3 is 15.8 Å². The van der Waals surface area contributed by atoms with E-state index >= 15 is 0 Å². The number of benzene rings is 1. The average molecular weight is 249 g/mol. The molecule has 1 saturated heterocycles. The first-order valence-electron chi connectivity index (χ1n) is 6.56. The molecule has 0 radical (unpaired) electrons. The lowest BCUT2D eigenvalue weighted by molar-refractivity contribution is 0.163. The van der Waals surface area contributed by atoms with Gasteiger partial charge in [-0.25, -0.2) is 0 Å². The lowest BCUT2D eigenvalue weighted by atomic mass is 9.99. The average Bonchev–Trinajstić information content (AvgIpc) is 2.46. The lowest BCUT2D eigenvalue weighted by Crippen LogP contribution is -2.50. The van der Waals surface area contributed by atoms with Crippen molar-refractivity contribution >= 4 is 0 Å². The number of piperazine rings is 1. The molecule has 0 saturated carbocycles. The SMILES string of the molecule is COc1cccc(C(N)C(C)N2CCNCC2)c1. The molecule has 1 heterocycles. The van der Waals surface area contributed by atoms with Gasteiger partial charge in [0.25, 0.3) is 0 Å². The number of rotatable bonds is 4. The van der Waals surface area contributed by atoms with Gasteiger partial charge in [0.15, 0.2) is 0 Å². The highest BCUT2D eigenvalue weighted by atomic mass is 16.5. The van der Waals surface area contributed by atoms with Crippen LogP contribution < -0.4 is 15.8 Å². The van der Waals surface area contributed by atoms with Crippen LogP contribution in [0.15, 0.2) is 24.3 Å². The van der Waals surface area contributed by atoms with Gasteiger partial charge in [0.05, 0.1) is 7.11 Å². The minimum Gasteiger partial charge on any atom is -0.497 e. The molecule has 18 heavy (non-hydrogen) atoms. The van der Waals surface area contributed by atoms with Crippen molar-refractivity contribution in [2.75, 3.05) is 33.3 Å². The molecule has 1 aromatic rings. The highest BCUT2D eigenvalue weighted by Crippen LogP contribution is 2.22. The lowest BCUT2D eigenvalue weighted by Gasteiger charge is -2.36. The van der Waals surface area contributed by atoms with Crippen LogP contribution >= 0.6 is 0 Å². The molecule has 100 valence electrons. The van der Waals surface area contributed by atoms with E-state index in [4.69, 9.17) is 10.5 Å². The molecule has 2 rings (SSSR count). The van der Waals surface area contributed by atoms with E-state index in [-0.39, 0.29) is 6.04 Å². The van der Waals surface area contributed by atoms with Crippen LogP contribution in [0.2, 0.25) is 0 Å². The Balaban J connectivity index is 2.06. The zero-order chi connectivity index (χ0) is 13.0. The zero-order valence-corrected chi connectivity index (χ0v) is 11.2. The minimum atomic E-state index is 0.0261. The van der Waals surface area contributed by atoms with Crippen molar-refractivity contribution in [2.45, 2.75) is 19.0 Å². The van der Waals surface area contributed by atoms with Gasteiger partial charge in [-0.3, -0.25) is 4.90 Å². The number of nitrogens with one attached hydrogen (secondary N) is 1. The maximum Gasteiger partial charge on any atom is 0.119 e. The van der Waals surface area contributed by atoms with E-state index in [1.807, 2.05) is 18.2 Å². The Labute approximate surface area is 109 Å². The summed E-state index contributed by atoms with van der Waals surface area (Å²) in [4.78, 5) is 2.45. The summed E-state index contributed by atoms with van der Waals surface area (Å²) < 4.78 is 5.25. The first-order valence-corrected chi connectivity index (χ1v) is 6.56. The quantitative estimate of drug-likeness (QED) is 0.835. The molecular weight excluding hydrogens is 226 g/mol. The summed E-state index contributed by atoms with van der Waals surface area (Å²) in [6, 6.07) is 8.43. The summed E-state index contributed by atoms with van der Waals surface area (Å²) in [5, 5.41) is 3.36. The van der Waals surface area contributed by atoms with Crippen molar-refractivity contribution in [2.24, 2.45) is 5.73 Å². The molecule has 2 unspecified atom stereocenters. The molecular formula is C14H23N3O. The van der Waals surface area contributed by atoms with E-state index < -0.39 is 0 Å². The Kier molecular flexibility index (Phi) is 4.58. The fourth-order valence-corrected chi connectivity index (χ4v) is 2.44. The predicted octanol–water partition coefficient (Wildman–Crippen LogP) is 0.989. The summed E-state index contributed by atoms with van der Waals surface area (Å²) in [5.74, 6) is 0.871. The van der Waals surface area contributed by atoms with E-state index in [9.17, 15) is 0 Å². The van der Waals surface area contributed by atoms with Gasteiger partial charge in [-0.05, 0) is 24.6 Å². The monoisotopic (exact) mass is 249 g/mol. The molecule has 0 aliphatic carbocycles. The smallest absolute Gasteiger partial charge is 0.119 e. The molecule has 1 fully saturated rings. The van der Waals surface area contributed by atoms with E-state index in [1.165, 1.54) is 0 Å². The third-order valence-electron chi connectivity index (χ3n) is 3.73. The predicted molar refractivity (Wildman–Crippen MR) is 73.8 cm³/mol. The van der Waals surface area contributed by atoms with Crippen LogP contribution in [0.25, 0.3) is 0 Å². The molecule has 1 aromatic carbocycles. The molecule has 4 nitrogen and oxygen atoms in total. The highest BCUT2D eigenvalue weighted by molar-refractivity contribution is 5.31. The highest BCUT2D eigenvalue weighted by Gasteiger charge is 2.23. The number of hydrogen-bond donors (Lipinski definition) is 2. The van der Waals surface area contributed by atoms with E-state index in [1.54, 1.807) is 7.11 Å². The number of nitrogens with two attached hydrogens (primary N) is 1. The summed E-state index contributed by atoms with van der Waals surface area (Å²) in [5.41, 5.74) is 7.51. The molecule has 4 heteroatoms. The van der Waals surface area contributed by atoms with Crippen LogP contribution in [0.4, 0.5) is 0 Å². The Morgan fingerprint density at radius 3 is 2.72 bits per heavy atom. The number of nitrogens with zero attached hydrogens (tertiary/aromatic N) is 1. The Morgan fingerprint density at radius 1 is 1.33 bits per heavy atom. The van der Waals surface area contributed by atoms with Gasteiger partial charge in [0.1, 0.15) is 5.75 Å². The fraction of sp³-hybridized carbons (Fsp3) is 0.571. The molecule has 1 aliphatic heterocycles. The van der Waals surface area contributed by atoms with Gasteiger partial charge in [-0.1, -0.05) is 12.1 Å². The fourth-order valence-electron chi connectivity index (χ4n) is 2.44. The molecule has 0 amide bonds. The standard InChI is InChI=1S/C14H23N3O/c1-11(17-8-6-16-7-9-17)14(15)12-4-3-5-13(10-12)18-2/h3-5,10-11,14,16H,6-9,15H2,1-2H3. The van der Waals surface area contributed by atoms with E-state index in [0.717, 1.165) is 37.5 Å². The van der Waals surface area contributed by atoms with Crippen LogP contribution in [0.5, 0.6) is 5.75 Å². The van der Waals surface area contributed by atoms with Gasteiger partial charge in [0, 0.05) is 38.3 Å². The van der Waals surface area contributed by atoms with Crippen LogP contribution in [-0.4, -0.2) is 44.2 Å². The van der Waals surface area contributed by atoms with Crippen molar-refractivity contribution in [3.63, 3.8) is 0 Å². The Bertz CT molecular complexity index is 377. The molecule has 0 spiro atoms. The first-order chi connectivity index (χ1) is 8.72. The second-order valence-electron chi connectivity index (χ2n) is 4.83. The van der Waals surface area contributed by atoms with E-state index in [2.05, 4.69) is 23.2 Å². The van der Waals surface area contributed by atoms with Gasteiger partial charge in [-0.2, -0.15) is 0 Å². The van der Waals surface area contributed by atoms with Crippen molar-refractivity contribution < 1.29 is 4.74 Å². The van der Waals surface area contributed by atoms with Crippen molar-refractivity contribution in [3.05, 3.63) is 29.8 Å². The third-order valence-corrected chi connectivity index (χ3v) is 3.73. The molecule has 2 atom stereocenters. The first kappa shape index (κ1) is 13.3. The second-order valence-corrected chi connectivity index (χ2v) is 4.83. The summed E-state index contributed by atoms with van der Waals surface area (Å²) in [6.07, 6.45) is 0. The summed E-state index contributed by atoms with van der Waals surface area (Å²) >= 11 is 0. The van der Waals surface area contributed by atoms with E-state index in [0.29, 0.717) is 6.04 Å². The largest absolute Gasteiger partial charge is 0.497 e. The third kappa shape index (κ3) is 3.02. The van der Waals surface area contributed by atoms with Gasteiger partial charge >= 0.3 is 0 Å². The Hall–Kier alpha value is -1.10. The van der Waals surface area contributed by atoms with Crippen LogP contribution in [0.3, 0.4) is 0 Å². The number of methoxy groups -OCH3 is 1.